The Hall–Kier alpha value is -3.02. The second kappa shape index (κ2) is 9.32. The van der Waals surface area contributed by atoms with Gasteiger partial charge >= 0.3 is 0 Å². The van der Waals surface area contributed by atoms with Gasteiger partial charge in [-0.2, -0.15) is 0 Å². The lowest BCUT2D eigenvalue weighted by Crippen LogP contribution is -2.66. The third kappa shape index (κ3) is 3.82. The molecule has 0 fully saturated rings. The van der Waals surface area contributed by atoms with E-state index in [1.54, 1.807) is 6.08 Å². The molecule has 6 rings (SSSR count). The van der Waals surface area contributed by atoms with Crippen LogP contribution in [0.15, 0.2) is 84.9 Å². The maximum atomic E-state index is 10.6. The summed E-state index contributed by atoms with van der Waals surface area (Å²) in [7, 11) is -2.68. The van der Waals surface area contributed by atoms with Crippen molar-refractivity contribution >= 4 is 35.5 Å². The highest BCUT2D eigenvalue weighted by Crippen LogP contribution is 2.47. The van der Waals surface area contributed by atoms with Crippen molar-refractivity contribution in [2.75, 3.05) is 0 Å². The van der Waals surface area contributed by atoms with Gasteiger partial charge in [-0.1, -0.05) is 112 Å². The summed E-state index contributed by atoms with van der Waals surface area (Å²) < 4.78 is 7.56. The van der Waals surface area contributed by atoms with Crippen LogP contribution < -0.4 is 10.4 Å². The van der Waals surface area contributed by atoms with Gasteiger partial charge in [0.2, 0.25) is 0 Å². The highest BCUT2D eigenvalue weighted by molar-refractivity contribution is 6.99. The molecule has 2 aliphatic rings. The molecular formula is C34H36O3Si. The maximum Gasteiger partial charge on any atom is 0.261 e. The lowest BCUT2D eigenvalue weighted by atomic mass is 9.85. The van der Waals surface area contributed by atoms with E-state index in [2.05, 4.69) is 100 Å². The Labute approximate surface area is 226 Å². The molecule has 0 heterocycles. The van der Waals surface area contributed by atoms with Crippen molar-refractivity contribution in [3.8, 4) is 0 Å². The molecule has 38 heavy (non-hydrogen) atoms. The molecule has 2 aliphatic carbocycles. The number of hydrogen-bond acceptors (Lipinski definition) is 3. The van der Waals surface area contributed by atoms with E-state index in [0.29, 0.717) is 0 Å². The van der Waals surface area contributed by atoms with Crippen LogP contribution in [0.2, 0.25) is 5.04 Å². The number of rotatable bonds is 4. The topological polar surface area (TPSA) is 49.7 Å². The SMILES string of the molecule is Cc1cc2c(c3ccc4c(c13)C=C[C@@H](O)[C@@H]4O)CCC2O[Si](c1ccccc1)(c1ccccc1)C(C)(C)C. The molecule has 0 saturated carbocycles. The summed E-state index contributed by atoms with van der Waals surface area (Å²) in [6, 6.07) is 28.2. The van der Waals surface area contributed by atoms with Crippen molar-refractivity contribution in [3.05, 3.63) is 113 Å². The van der Waals surface area contributed by atoms with Gasteiger partial charge in [-0.05, 0) is 73.8 Å². The first-order chi connectivity index (χ1) is 18.2. The van der Waals surface area contributed by atoms with Crippen molar-refractivity contribution in [2.45, 2.75) is 63.9 Å². The van der Waals surface area contributed by atoms with Crippen LogP contribution in [0.5, 0.6) is 0 Å². The number of aliphatic hydroxyl groups is 2. The normalized spacial score (nSPS) is 20.9. The molecule has 0 spiro atoms. The van der Waals surface area contributed by atoms with E-state index < -0.39 is 20.5 Å². The van der Waals surface area contributed by atoms with Gasteiger partial charge in [0.15, 0.2) is 0 Å². The van der Waals surface area contributed by atoms with Gasteiger partial charge in [0.25, 0.3) is 8.32 Å². The molecule has 194 valence electrons. The second-order valence-corrected chi connectivity index (χ2v) is 16.1. The van der Waals surface area contributed by atoms with Crippen molar-refractivity contribution in [1.82, 2.24) is 0 Å². The predicted molar refractivity (Wildman–Crippen MR) is 158 cm³/mol. The van der Waals surface area contributed by atoms with E-state index in [0.717, 1.165) is 24.0 Å². The van der Waals surface area contributed by atoms with Crippen LogP contribution in [0, 0.1) is 6.92 Å². The van der Waals surface area contributed by atoms with Crippen molar-refractivity contribution < 1.29 is 14.6 Å². The Kier molecular flexibility index (Phi) is 6.19. The zero-order chi connectivity index (χ0) is 26.7. The molecule has 4 aromatic carbocycles. The van der Waals surface area contributed by atoms with Crippen molar-refractivity contribution in [1.29, 1.82) is 0 Å². The lowest BCUT2D eigenvalue weighted by Gasteiger charge is -2.45. The minimum atomic E-state index is -2.68. The van der Waals surface area contributed by atoms with Gasteiger partial charge in [-0.3, -0.25) is 0 Å². The first kappa shape index (κ1) is 25.3. The first-order valence-corrected chi connectivity index (χ1v) is 15.6. The molecule has 0 aromatic heterocycles. The third-order valence-electron chi connectivity index (χ3n) is 8.56. The fourth-order valence-corrected chi connectivity index (χ4v) is 11.5. The number of aliphatic hydroxyl groups excluding tert-OH is 2. The highest BCUT2D eigenvalue weighted by Gasteiger charge is 2.52. The van der Waals surface area contributed by atoms with E-state index in [9.17, 15) is 10.2 Å². The van der Waals surface area contributed by atoms with Crippen LogP contribution in [0.1, 0.15) is 67.2 Å². The van der Waals surface area contributed by atoms with Gasteiger partial charge in [-0.15, -0.1) is 0 Å². The molecule has 4 heteroatoms. The second-order valence-electron chi connectivity index (χ2n) is 11.9. The smallest absolute Gasteiger partial charge is 0.261 e. The van der Waals surface area contributed by atoms with E-state index in [-0.39, 0.29) is 11.1 Å². The zero-order valence-corrected chi connectivity index (χ0v) is 23.6. The summed E-state index contributed by atoms with van der Waals surface area (Å²) in [6.45, 7) is 9.16. The third-order valence-corrected chi connectivity index (χ3v) is 13.6. The average molecular weight is 521 g/mol. The molecule has 0 radical (unpaired) electrons. The fraction of sp³-hybridized carbons (Fsp3) is 0.294. The summed E-state index contributed by atoms with van der Waals surface area (Å²) in [5.74, 6) is 0. The monoisotopic (exact) mass is 520 g/mol. The van der Waals surface area contributed by atoms with Gasteiger partial charge in [-0.25, -0.2) is 0 Å². The molecule has 1 unspecified atom stereocenters. The van der Waals surface area contributed by atoms with Crippen LogP contribution >= 0.6 is 0 Å². The lowest BCUT2D eigenvalue weighted by molar-refractivity contribution is 0.0471. The standard InChI is InChI=1S/C34H36O3Si/c1-22-21-29-25(26-15-16-28-27(32(22)26)17-19-30(35)33(28)36)18-20-31(29)37-38(34(2,3)4,23-11-7-5-8-12-23)24-13-9-6-10-14-24/h5-17,19,21,30-31,33,35-36H,18,20H2,1-4H3/t30-,31?,33-/m1/s1. The van der Waals surface area contributed by atoms with Crippen LogP contribution in [0.3, 0.4) is 0 Å². The Morgan fingerprint density at radius 2 is 1.47 bits per heavy atom. The highest BCUT2D eigenvalue weighted by atomic mass is 28.4. The summed E-state index contributed by atoms with van der Waals surface area (Å²) in [5, 5.41) is 25.7. The fourth-order valence-electron chi connectivity index (χ4n) is 6.81. The van der Waals surface area contributed by atoms with Gasteiger partial charge in [0.05, 0.1) is 6.10 Å². The van der Waals surface area contributed by atoms with Crippen molar-refractivity contribution in [2.24, 2.45) is 0 Å². The number of hydrogen-bond donors (Lipinski definition) is 2. The molecular weight excluding hydrogens is 484 g/mol. The Bertz CT molecular complexity index is 1480. The van der Waals surface area contributed by atoms with Crippen LogP contribution in [0.25, 0.3) is 16.8 Å². The Morgan fingerprint density at radius 1 is 0.842 bits per heavy atom. The largest absolute Gasteiger partial charge is 0.400 e. The molecule has 0 bridgehead atoms. The van der Waals surface area contributed by atoms with E-state index in [1.807, 2.05) is 12.1 Å². The number of fused-ring (bicyclic) bond motifs is 5. The first-order valence-electron chi connectivity index (χ1n) is 13.6. The quantitative estimate of drug-likeness (QED) is 0.318. The average Bonchev–Trinajstić information content (AvgIpc) is 3.31. The van der Waals surface area contributed by atoms with E-state index in [1.165, 1.54) is 37.8 Å². The molecule has 2 N–H and O–H groups in total. The molecule has 0 amide bonds. The van der Waals surface area contributed by atoms with Crippen molar-refractivity contribution in [3.63, 3.8) is 0 Å². The van der Waals surface area contributed by atoms with Gasteiger partial charge in [0, 0.05) is 0 Å². The summed E-state index contributed by atoms with van der Waals surface area (Å²) in [5.41, 5.74) is 5.65. The predicted octanol–water partition coefficient (Wildman–Crippen LogP) is 6.13. The van der Waals surface area contributed by atoms with E-state index >= 15 is 0 Å². The zero-order valence-electron chi connectivity index (χ0n) is 22.6. The van der Waals surface area contributed by atoms with Gasteiger partial charge < -0.3 is 14.6 Å². The summed E-state index contributed by atoms with van der Waals surface area (Å²) in [4.78, 5) is 0. The number of benzene rings is 4. The molecule has 0 saturated heterocycles. The molecule has 3 atom stereocenters. The van der Waals surface area contributed by atoms with Crippen LogP contribution in [-0.4, -0.2) is 24.6 Å². The molecule has 4 aromatic rings. The van der Waals surface area contributed by atoms with Gasteiger partial charge in [0.1, 0.15) is 12.2 Å². The Balaban J connectivity index is 1.51. The van der Waals surface area contributed by atoms with E-state index in [4.69, 9.17) is 4.43 Å². The summed E-state index contributed by atoms with van der Waals surface area (Å²) >= 11 is 0. The molecule has 0 aliphatic heterocycles. The minimum Gasteiger partial charge on any atom is -0.400 e. The van der Waals surface area contributed by atoms with Crippen LogP contribution in [-0.2, 0) is 10.8 Å². The number of aryl methyl sites for hydroxylation is 2. The molecule has 3 nitrogen and oxygen atoms in total. The maximum absolute atomic E-state index is 10.6. The summed E-state index contributed by atoms with van der Waals surface area (Å²) in [6.07, 6.45) is 3.85. The Morgan fingerprint density at radius 3 is 2.08 bits per heavy atom. The van der Waals surface area contributed by atoms with Crippen LogP contribution in [0.4, 0.5) is 0 Å². The minimum absolute atomic E-state index is 0.0124.